The van der Waals surface area contributed by atoms with Crippen LogP contribution in [0.1, 0.15) is 32.7 Å². The van der Waals surface area contributed by atoms with Crippen molar-refractivity contribution in [2.75, 3.05) is 13.7 Å². The first-order valence-electron chi connectivity index (χ1n) is 8.05. The third-order valence-corrected chi connectivity index (χ3v) is 4.16. The number of nitrogens with zero attached hydrogens (tertiary/aromatic N) is 1. The molecule has 2 aromatic carbocycles. The van der Waals surface area contributed by atoms with Crippen LogP contribution in [-0.2, 0) is 11.3 Å². The topological polar surface area (TPSA) is 75.7 Å². The van der Waals surface area contributed by atoms with Crippen LogP contribution >= 0.6 is 0 Å². The molecule has 1 heterocycles. The molecule has 1 aliphatic heterocycles. The number of amides is 3. The second kappa shape index (κ2) is 7.35. The number of hydrogen-bond donors (Lipinski definition) is 1. The molecule has 0 saturated heterocycles. The Kier molecular flexibility index (Phi) is 4.97. The fourth-order valence-electron chi connectivity index (χ4n) is 2.74. The molecule has 0 radical (unpaired) electrons. The molecule has 0 bridgehead atoms. The number of benzene rings is 2. The summed E-state index contributed by atoms with van der Waals surface area (Å²) in [5.41, 5.74) is 0.701. The van der Waals surface area contributed by atoms with E-state index in [1.807, 2.05) is 12.1 Å². The number of carbonyl (C=O) groups excluding carboxylic acids is 3. The molecule has 134 valence electrons. The maximum Gasteiger partial charge on any atom is 0.264 e. The Morgan fingerprint density at radius 2 is 1.85 bits per heavy atom. The highest BCUT2D eigenvalue weighted by Crippen LogP contribution is 2.25. The van der Waals surface area contributed by atoms with Crippen molar-refractivity contribution < 1.29 is 23.5 Å². The largest absolute Gasteiger partial charge is 0.497 e. The maximum absolute atomic E-state index is 13.8. The van der Waals surface area contributed by atoms with Crippen LogP contribution in [0.3, 0.4) is 0 Å². The van der Waals surface area contributed by atoms with Crippen LogP contribution in [0.5, 0.6) is 5.75 Å². The van der Waals surface area contributed by atoms with E-state index in [4.69, 9.17) is 4.74 Å². The fourth-order valence-corrected chi connectivity index (χ4v) is 2.74. The van der Waals surface area contributed by atoms with E-state index in [-0.39, 0.29) is 30.0 Å². The van der Waals surface area contributed by atoms with Crippen LogP contribution in [0.2, 0.25) is 0 Å². The van der Waals surface area contributed by atoms with Crippen LogP contribution < -0.4 is 10.1 Å². The number of hydrogen-bond acceptors (Lipinski definition) is 4. The van der Waals surface area contributed by atoms with E-state index in [0.29, 0.717) is 6.54 Å². The van der Waals surface area contributed by atoms with Crippen molar-refractivity contribution in [3.63, 3.8) is 0 Å². The Bertz CT molecular complexity index is 864. The van der Waals surface area contributed by atoms with Crippen LogP contribution in [-0.4, -0.2) is 36.3 Å². The second-order valence-corrected chi connectivity index (χ2v) is 5.80. The third-order valence-electron chi connectivity index (χ3n) is 4.16. The molecule has 0 atom stereocenters. The molecule has 0 aromatic heterocycles. The summed E-state index contributed by atoms with van der Waals surface area (Å²) in [5.74, 6) is -1.60. The van der Waals surface area contributed by atoms with Gasteiger partial charge in [0.15, 0.2) is 0 Å². The van der Waals surface area contributed by atoms with E-state index in [0.717, 1.165) is 22.3 Å². The lowest BCUT2D eigenvalue weighted by molar-refractivity contribution is -0.121. The summed E-state index contributed by atoms with van der Waals surface area (Å²) >= 11 is 0. The first-order chi connectivity index (χ1) is 12.5. The van der Waals surface area contributed by atoms with Gasteiger partial charge in [0, 0.05) is 19.5 Å². The molecule has 0 fully saturated rings. The maximum atomic E-state index is 13.8. The van der Waals surface area contributed by atoms with Crippen molar-refractivity contribution in [3.8, 4) is 5.75 Å². The fraction of sp³-hybridized carbons (Fsp3) is 0.211. The van der Waals surface area contributed by atoms with Crippen LogP contribution in [0.25, 0.3) is 0 Å². The zero-order valence-corrected chi connectivity index (χ0v) is 14.1. The number of nitrogens with one attached hydrogen (secondary N) is 1. The molecular weight excluding hydrogens is 339 g/mol. The van der Waals surface area contributed by atoms with Gasteiger partial charge in [-0.2, -0.15) is 0 Å². The summed E-state index contributed by atoms with van der Waals surface area (Å²) < 4.78 is 18.8. The van der Waals surface area contributed by atoms with Crippen molar-refractivity contribution in [1.29, 1.82) is 0 Å². The lowest BCUT2D eigenvalue weighted by atomic mass is 10.1. The van der Waals surface area contributed by atoms with Crippen molar-refractivity contribution >= 4 is 17.7 Å². The summed E-state index contributed by atoms with van der Waals surface area (Å²) in [5, 5.41) is 2.72. The first-order valence-corrected chi connectivity index (χ1v) is 8.05. The van der Waals surface area contributed by atoms with E-state index in [1.54, 1.807) is 19.2 Å². The number of methoxy groups -OCH3 is 1. The molecule has 1 aliphatic rings. The Hall–Kier alpha value is -3.22. The Morgan fingerprint density at radius 1 is 1.12 bits per heavy atom. The van der Waals surface area contributed by atoms with Crippen LogP contribution in [0.4, 0.5) is 4.39 Å². The lowest BCUT2D eigenvalue weighted by Crippen LogP contribution is -2.34. The Labute approximate surface area is 149 Å². The summed E-state index contributed by atoms with van der Waals surface area (Å²) in [7, 11) is 1.57. The van der Waals surface area contributed by atoms with Gasteiger partial charge in [0.05, 0.1) is 18.2 Å². The van der Waals surface area contributed by atoms with Gasteiger partial charge in [0.2, 0.25) is 5.91 Å². The minimum atomic E-state index is -0.729. The summed E-state index contributed by atoms with van der Waals surface area (Å²) in [6.07, 6.45) is -0.0523. The van der Waals surface area contributed by atoms with E-state index in [9.17, 15) is 18.8 Å². The van der Waals surface area contributed by atoms with Gasteiger partial charge in [-0.25, -0.2) is 4.39 Å². The first kappa shape index (κ1) is 17.6. The second-order valence-electron chi connectivity index (χ2n) is 5.80. The molecule has 3 rings (SSSR count). The SMILES string of the molecule is COc1ccc(CNC(=O)CCN2C(=O)c3cccc(F)c3C2=O)cc1. The highest BCUT2D eigenvalue weighted by Gasteiger charge is 2.37. The molecule has 0 unspecified atom stereocenters. The average Bonchev–Trinajstić information content (AvgIpc) is 2.90. The van der Waals surface area contributed by atoms with Gasteiger partial charge in [-0.15, -0.1) is 0 Å². The van der Waals surface area contributed by atoms with Gasteiger partial charge in [0.1, 0.15) is 11.6 Å². The number of fused-ring (bicyclic) bond motifs is 1. The number of rotatable bonds is 6. The molecule has 0 spiro atoms. The predicted molar refractivity (Wildman–Crippen MR) is 91.2 cm³/mol. The minimum Gasteiger partial charge on any atom is -0.497 e. The standard InChI is InChI=1S/C19H17FN2O4/c1-26-13-7-5-12(6-8-13)11-21-16(23)9-10-22-18(24)14-3-2-4-15(20)17(14)19(22)25/h2-8H,9-11H2,1H3,(H,21,23). The smallest absolute Gasteiger partial charge is 0.264 e. The molecule has 0 aliphatic carbocycles. The zero-order valence-electron chi connectivity index (χ0n) is 14.1. The Balaban J connectivity index is 1.54. The number of carbonyl (C=O) groups is 3. The van der Waals surface area contributed by atoms with E-state index < -0.39 is 17.6 Å². The quantitative estimate of drug-likeness (QED) is 0.805. The number of imide groups is 1. The lowest BCUT2D eigenvalue weighted by Gasteiger charge is -2.13. The Morgan fingerprint density at radius 3 is 2.50 bits per heavy atom. The van der Waals surface area contributed by atoms with Crippen molar-refractivity contribution in [2.45, 2.75) is 13.0 Å². The van der Waals surface area contributed by atoms with Gasteiger partial charge in [-0.1, -0.05) is 18.2 Å². The highest BCUT2D eigenvalue weighted by molar-refractivity contribution is 6.21. The zero-order chi connectivity index (χ0) is 18.7. The predicted octanol–water partition coefficient (Wildman–Crippen LogP) is 2.14. The van der Waals surface area contributed by atoms with E-state index >= 15 is 0 Å². The summed E-state index contributed by atoms with van der Waals surface area (Å²) in [6, 6.07) is 11.1. The van der Waals surface area contributed by atoms with Crippen molar-refractivity contribution in [2.24, 2.45) is 0 Å². The molecule has 1 N–H and O–H groups in total. The van der Waals surface area contributed by atoms with Crippen molar-refractivity contribution in [3.05, 3.63) is 65.0 Å². The summed E-state index contributed by atoms with van der Waals surface area (Å²) in [4.78, 5) is 37.3. The third kappa shape index (κ3) is 3.42. The minimum absolute atomic E-state index is 0.0358. The molecule has 6 nitrogen and oxygen atoms in total. The van der Waals surface area contributed by atoms with E-state index in [2.05, 4.69) is 5.32 Å². The number of halogens is 1. The summed E-state index contributed by atoms with van der Waals surface area (Å²) in [6.45, 7) is 0.222. The van der Waals surface area contributed by atoms with Crippen LogP contribution in [0, 0.1) is 5.82 Å². The van der Waals surface area contributed by atoms with Gasteiger partial charge in [-0.05, 0) is 29.8 Å². The van der Waals surface area contributed by atoms with E-state index in [1.165, 1.54) is 12.1 Å². The molecule has 0 saturated carbocycles. The van der Waals surface area contributed by atoms with Crippen molar-refractivity contribution in [1.82, 2.24) is 10.2 Å². The molecule has 26 heavy (non-hydrogen) atoms. The number of ether oxygens (including phenoxy) is 1. The highest BCUT2D eigenvalue weighted by atomic mass is 19.1. The van der Waals surface area contributed by atoms with Gasteiger partial charge >= 0.3 is 0 Å². The molecule has 3 amide bonds. The van der Waals surface area contributed by atoms with Gasteiger partial charge < -0.3 is 10.1 Å². The molecule has 7 heteroatoms. The van der Waals surface area contributed by atoms with Gasteiger partial charge in [-0.3, -0.25) is 19.3 Å². The van der Waals surface area contributed by atoms with Gasteiger partial charge in [0.25, 0.3) is 11.8 Å². The molecular formula is C19H17FN2O4. The molecule has 2 aromatic rings. The van der Waals surface area contributed by atoms with Crippen LogP contribution in [0.15, 0.2) is 42.5 Å². The average molecular weight is 356 g/mol. The monoisotopic (exact) mass is 356 g/mol. The normalized spacial score (nSPS) is 12.9.